The van der Waals surface area contributed by atoms with E-state index in [9.17, 15) is 4.79 Å². The number of hydrogen-bond acceptors (Lipinski definition) is 5. The zero-order valence-corrected chi connectivity index (χ0v) is 14.6. The van der Waals surface area contributed by atoms with Gasteiger partial charge in [0.25, 0.3) is 0 Å². The monoisotopic (exact) mass is 325 g/mol. The molecule has 1 rings (SSSR count). The van der Waals surface area contributed by atoms with Gasteiger partial charge in [0.15, 0.2) is 0 Å². The molecule has 0 aromatic carbocycles. The number of pyridine rings is 1. The summed E-state index contributed by atoms with van der Waals surface area (Å²) in [4.78, 5) is 16.1. The number of carbonyl (C=O) groups excluding carboxylic acids is 1. The summed E-state index contributed by atoms with van der Waals surface area (Å²) in [6.07, 6.45) is 8.28. The molecule has 0 radical (unpaired) electrons. The molecule has 22 heavy (non-hydrogen) atoms. The van der Waals surface area contributed by atoms with Crippen LogP contribution in [-0.2, 0) is 16.0 Å². The summed E-state index contributed by atoms with van der Waals surface area (Å²) in [7, 11) is 1.60. The van der Waals surface area contributed by atoms with Crippen LogP contribution >= 0.6 is 12.6 Å². The lowest BCUT2D eigenvalue weighted by atomic mass is 10.0. The molecular formula is C17H27NO3S. The van der Waals surface area contributed by atoms with Gasteiger partial charge in [-0.2, -0.15) is 12.6 Å². The van der Waals surface area contributed by atoms with E-state index in [1.54, 1.807) is 25.6 Å². The molecule has 0 saturated heterocycles. The van der Waals surface area contributed by atoms with Gasteiger partial charge in [0, 0.05) is 18.0 Å². The molecule has 1 aromatic heterocycles. The van der Waals surface area contributed by atoms with E-state index in [2.05, 4.69) is 31.5 Å². The fourth-order valence-corrected chi connectivity index (χ4v) is 2.52. The van der Waals surface area contributed by atoms with Crippen LogP contribution in [0.3, 0.4) is 0 Å². The van der Waals surface area contributed by atoms with Crippen LogP contribution in [0.15, 0.2) is 18.5 Å². The summed E-state index contributed by atoms with van der Waals surface area (Å²) < 4.78 is 10.7. The number of rotatable bonds is 10. The van der Waals surface area contributed by atoms with E-state index >= 15 is 0 Å². The highest BCUT2D eigenvalue weighted by atomic mass is 32.1. The molecule has 0 N–H and O–H groups in total. The Balaban J connectivity index is 2.47. The summed E-state index contributed by atoms with van der Waals surface area (Å²) in [5, 5.41) is -0.498. The van der Waals surface area contributed by atoms with Crippen molar-refractivity contribution >= 4 is 18.6 Å². The van der Waals surface area contributed by atoms with Gasteiger partial charge in [-0.1, -0.05) is 33.1 Å². The van der Waals surface area contributed by atoms with Gasteiger partial charge in [-0.25, -0.2) is 0 Å². The van der Waals surface area contributed by atoms with Crippen LogP contribution in [0.5, 0.6) is 5.75 Å². The van der Waals surface area contributed by atoms with Crippen LogP contribution in [-0.4, -0.2) is 29.9 Å². The summed E-state index contributed by atoms with van der Waals surface area (Å²) in [5.74, 6) is 0.887. The molecule has 0 aliphatic rings. The third-order valence-electron chi connectivity index (χ3n) is 3.77. The van der Waals surface area contributed by atoms with Gasteiger partial charge in [0.05, 0.1) is 13.7 Å². The van der Waals surface area contributed by atoms with Crippen molar-refractivity contribution < 1.29 is 14.3 Å². The Morgan fingerprint density at radius 2 is 2.18 bits per heavy atom. The topological polar surface area (TPSA) is 48.4 Å². The molecule has 0 fully saturated rings. The summed E-state index contributed by atoms with van der Waals surface area (Å²) in [5.41, 5.74) is 0.861. The minimum absolute atomic E-state index is 0.274. The highest BCUT2D eigenvalue weighted by Crippen LogP contribution is 2.20. The third-order valence-corrected chi connectivity index (χ3v) is 4.16. The van der Waals surface area contributed by atoms with Gasteiger partial charge < -0.3 is 9.47 Å². The molecular weight excluding hydrogens is 298 g/mol. The van der Waals surface area contributed by atoms with E-state index in [-0.39, 0.29) is 5.97 Å². The smallest absolute Gasteiger partial charge is 0.319 e. The van der Waals surface area contributed by atoms with Crippen LogP contribution in [0.25, 0.3) is 0 Å². The molecule has 0 bridgehead atoms. The molecule has 2 atom stereocenters. The van der Waals surface area contributed by atoms with Crippen molar-refractivity contribution in [2.45, 2.75) is 51.2 Å². The van der Waals surface area contributed by atoms with Crippen molar-refractivity contribution in [2.75, 3.05) is 13.7 Å². The SMILES string of the molecule is CCCCC(CC)COC(=O)C(S)Cc1cnccc1OC. The first-order chi connectivity index (χ1) is 10.6. The van der Waals surface area contributed by atoms with E-state index in [0.29, 0.717) is 18.9 Å². The number of aromatic nitrogens is 1. The molecule has 5 heteroatoms. The lowest BCUT2D eigenvalue weighted by Gasteiger charge is -2.17. The molecule has 4 nitrogen and oxygen atoms in total. The standard InChI is InChI=1S/C17H27NO3S/c1-4-6-7-13(5-2)12-21-17(19)16(22)10-14-11-18-9-8-15(14)20-3/h8-9,11,13,16,22H,4-7,10,12H2,1-3H3. The second-order valence-corrected chi connectivity index (χ2v) is 6.08. The maximum absolute atomic E-state index is 12.1. The summed E-state index contributed by atoms with van der Waals surface area (Å²) in [6.45, 7) is 4.78. The van der Waals surface area contributed by atoms with Crippen molar-refractivity contribution in [2.24, 2.45) is 5.92 Å². The third kappa shape index (κ3) is 6.26. The molecule has 124 valence electrons. The van der Waals surface area contributed by atoms with Gasteiger partial charge in [-0.15, -0.1) is 0 Å². The van der Waals surface area contributed by atoms with E-state index in [0.717, 1.165) is 24.2 Å². The van der Waals surface area contributed by atoms with Gasteiger partial charge in [0.1, 0.15) is 11.0 Å². The zero-order valence-electron chi connectivity index (χ0n) is 13.7. The molecule has 0 aliphatic carbocycles. The largest absolute Gasteiger partial charge is 0.496 e. The second-order valence-electron chi connectivity index (χ2n) is 5.45. The first-order valence-corrected chi connectivity index (χ1v) is 8.45. The fourth-order valence-electron chi connectivity index (χ4n) is 2.25. The number of hydrogen-bond donors (Lipinski definition) is 1. The van der Waals surface area contributed by atoms with Gasteiger partial charge in [-0.3, -0.25) is 9.78 Å². The highest BCUT2D eigenvalue weighted by molar-refractivity contribution is 7.81. The highest BCUT2D eigenvalue weighted by Gasteiger charge is 2.19. The van der Waals surface area contributed by atoms with Crippen LogP contribution in [0.2, 0.25) is 0 Å². The Kier molecular flexibility index (Phi) is 8.97. The van der Waals surface area contributed by atoms with E-state index in [1.807, 2.05) is 0 Å². The Hall–Kier alpha value is -1.23. The van der Waals surface area contributed by atoms with E-state index in [1.165, 1.54) is 12.8 Å². The average molecular weight is 325 g/mol. The van der Waals surface area contributed by atoms with Crippen molar-refractivity contribution in [3.8, 4) is 5.75 Å². The average Bonchev–Trinajstić information content (AvgIpc) is 2.55. The minimum Gasteiger partial charge on any atom is -0.496 e. The Labute approximate surface area is 139 Å². The number of carbonyl (C=O) groups is 1. The number of nitrogens with zero attached hydrogens (tertiary/aromatic N) is 1. The van der Waals surface area contributed by atoms with Crippen molar-refractivity contribution in [3.05, 3.63) is 24.0 Å². The number of esters is 1. The first kappa shape index (κ1) is 18.8. The predicted molar refractivity (Wildman–Crippen MR) is 91.5 cm³/mol. The molecule has 0 amide bonds. The predicted octanol–water partition coefficient (Wildman–Crippen LogP) is 3.69. The number of methoxy groups -OCH3 is 1. The van der Waals surface area contributed by atoms with Gasteiger partial charge in [-0.05, 0) is 24.8 Å². The van der Waals surface area contributed by atoms with Crippen molar-refractivity contribution in [1.82, 2.24) is 4.98 Å². The minimum atomic E-state index is -0.498. The summed E-state index contributed by atoms with van der Waals surface area (Å²) in [6, 6.07) is 1.78. The molecule has 1 heterocycles. The zero-order chi connectivity index (χ0) is 16.4. The Morgan fingerprint density at radius 1 is 1.41 bits per heavy atom. The normalized spacial score (nSPS) is 13.5. The quantitative estimate of drug-likeness (QED) is 0.526. The number of unbranched alkanes of at least 4 members (excludes halogenated alkanes) is 1. The first-order valence-electron chi connectivity index (χ1n) is 7.93. The maximum atomic E-state index is 12.1. The van der Waals surface area contributed by atoms with E-state index < -0.39 is 5.25 Å². The summed E-state index contributed by atoms with van der Waals surface area (Å²) >= 11 is 4.37. The lowest BCUT2D eigenvalue weighted by Crippen LogP contribution is -2.23. The van der Waals surface area contributed by atoms with Crippen molar-refractivity contribution in [3.63, 3.8) is 0 Å². The number of thiol groups is 1. The molecule has 1 aromatic rings. The molecule has 0 spiro atoms. The van der Waals surface area contributed by atoms with Crippen LogP contribution in [0.1, 0.15) is 45.1 Å². The van der Waals surface area contributed by atoms with Gasteiger partial charge >= 0.3 is 5.97 Å². The fraction of sp³-hybridized carbons (Fsp3) is 0.647. The maximum Gasteiger partial charge on any atom is 0.319 e. The Bertz CT molecular complexity index is 453. The molecule has 0 aliphatic heterocycles. The number of ether oxygens (including phenoxy) is 2. The Morgan fingerprint density at radius 3 is 2.82 bits per heavy atom. The van der Waals surface area contributed by atoms with Gasteiger partial charge in [0.2, 0.25) is 0 Å². The van der Waals surface area contributed by atoms with Crippen LogP contribution < -0.4 is 4.74 Å². The second kappa shape index (κ2) is 10.5. The van der Waals surface area contributed by atoms with Crippen LogP contribution in [0.4, 0.5) is 0 Å². The van der Waals surface area contributed by atoms with E-state index in [4.69, 9.17) is 9.47 Å². The molecule has 2 unspecified atom stereocenters. The van der Waals surface area contributed by atoms with Crippen LogP contribution in [0, 0.1) is 5.92 Å². The lowest BCUT2D eigenvalue weighted by molar-refractivity contribution is -0.144. The molecule has 0 saturated carbocycles. The van der Waals surface area contributed by atoms with Crippen molar-refractivity contribution in [1.29, 1.82) is 0 Å².